The maximum atomic E-state index is 10.4. The number of hydrogen-bond acceptors (Lipinski definition) is 2. The van der Waals surface area contributed by atoms with Crippen LogP contribution in [0.2, 0.25) is 0 Å². The fourth-order valence-electron chi connectivity index (χ4n) is 2.46. The van der Waals surface area contributed by atoms with Crippen LogP contribution < -0.4 is 4.74 Å². The molecule has 0 aromatic heterocycles. The van der Waals surface area contributed by atoms with Gasteiger partial charge in [0.2, 0.25) is 0 Å². The molecular formula is C17H22O3. The molecule has 0 unspecified atom stereocenters. The summed E-state index contributed by atoms with van der Waals surface area (Å²) >= 11 is 0. The van der Waals surface area contributed by atoms with Gasteiger partial charge in [-0.15, -0.1) is 0 Å². The first kappa shape index (κ1) is 14.6. The fourth-order valence-corrected chi connectivity index (χ4v) is 2.46. The van der Waals surface area contributed by atoms with Crippen LogP contribution in [-0.2, 0) is 4.79 Å². The zero-order valence-corrected chi connectivity index (χ0v) is 11.8. The normalized spacial score (nSPS) is 15.3. The lowest BCUT2D eigenvalue weighted by Gasteiger charge is -2.08. The minimum absolute atomic E-state index is 0.158. The van der Waals surface area contributed by atoms with Crippen molar-refractivity contribution >= 4 is 11.5 Å². The quantitative estimate of drug-likeness (QED) is 0.788. The van der Waals surface area contributed by atoms with Gasteiger partial charge in [-0.25, -0.2) is 0 Å². The Hall–Kier alpha value is -1.77. The molecule has 0 bridgehead atoms. The molecular weight excluding hydrogens is 252 g/mol. The van der Waals surface area contributed by atoms with Gasteiger partial charge in [0.25, 0.3) is 0 Å². The number of allylic oxidation sites excluding steroid dienone is 2. The van der Waals surface area contributed by atoms with E-state index in [4.69, 9.17) is 9.84 Å². The highest BCUT2D eigenvalue weighted by Crippen LogP contribution is 2.27. The lowest BCUT2D eigenvalue weighted by atomic mass is 10.0. The largest absolute Gasteiger partial charge is 0.494 e. The van der Waals surface area contributed by atoms with Crippen molar-refractivity contribution < 1.29 is 14.6 Å². The SMILES string of the molecule is O=C(O)CCCOc1ccc(C2=CCCCCC2)cc1. The Morgan fingerprint density at radius 3 is 2.70 bits per heavy atom. The second kappa shape index (κ2) is 7.73. The van der Waals surface area contributed by atoms with Gasteiger partial charge in [0.1, 0.15) is 5.75 Å². The summed E-state index contributed by atoms with van der Waals surface area (Å²) in [6, 6.07) is 8.15. The van der Waals surface area contributed by atoms with Crippen LogP contribution >= 0.6 is 0 Å². The molecule has 108 valence electrons. The molecule has 1 aliphatic carbocycles. The summed E-state index contributed by atoms with van der Waals surface area (Å²) in [6.45, 7) is 0.453. The van der Waals surface area contributed by atoms with Crippen LogP contribution in [-0.4, -0.2) is 17.7 Å². The second-order valence-electron chi connectivity index (χ2n) is 5.20. The van der Waals surface area contributed by atoms with Gasteiger partial charge in [-0.2, -0.15) is 0 Å². The molecule has 0 amide bonds. The van der Waals surface area contributed by atoms with Gasteiger partial charge < -0.3 is 9.84 Å². The van der Waals surface area contributed by atoms with Crippen LogP contribution in [0.1, 0.15) is 50.5 Å². The third kappa shape index (κ3) is 4.72. The van der Waals surface area contributed by atoms with E-state index < -0.39 is 5.97 Å². The molecule has 0 aliphatic heterocycles. The van der Waals surface area contributed by atoms with E-state index in [9.17, 15) is 4.79 Å². The maximum Gasteiger partial charge on any atom is 0.303 e. The van der Waals surface area contributed by atoms with Crippen LogP contribution in [0.3, 0.4) is 0 Å². The summed E-state index contributed by atoms with van der Waals surface area (Å²) < 4.78 is 5.54. The van der Waals surface area contributed by atoms with Crippen LogP contribution in [0.25, 0.3) is 5.57 Å². The molecule has 1 aromatic carbocycles. The lowest BCUT2D eigenvalue weighted by molar-refractivity contribution is -0.137. The lowest BCUT2D eigenvalue weighted by Crippen LogP contribution is -2.02. The monoisotopic (exact) mass is 274 g/mol. The summed E-state index contributed by atoms with van der Waals surface area (Å²) in [5, 5.41) is 8.55. The number of ether oxygens (including phenoxy) is 1. The van der Waals surface area contributed by atoms with E-state index in [2.05, 4.69) is 18.2 Å². The maximum absolute atomic E-state index is 10.4. The van der Waals surface area contributed by atoms with Crippen molar-refractivity contribution in [1.82, 2.24) is 0 Å². The van der Waals surface area contributed by atoms with E-state index in [1.807, 2.05) is 12.1 Å². The van der Waals surface area contributed by atoms with Gasteiger partial charge >= 0.3 is 5.97 Å². The first-order chi connectivity index (χ1) is 9.75. The molecule has 2 rings (SSSR count). The molecule has 0 saturated heterocycles. The summed E-state index contributed by atoms with van der Waals surface area (Å²) in [7, 11) is 0. The van der Waals surface area contributed by atoms with Crippen molar-refractivity contribution in [2.45, 2.75) is 44.9 Å². The number of benzene rings is 1. The third-order valence-corrected chi connectivity index (χ3v) is 3.57. The average molecular weight is 274 g/mol. The zero-order chi connectivity index (χ0) is 14.2. The van der Waals surface area contributed by atoms with Crippen LogP contribution in [0, 0.1) is 0 Å². The van der Waals surface area contributed by atoms with Crippen LogP contribution in [0.5, 0.6) is 5.75 Å². The molecule has 0 radical (unpaired) electrons. The Balaban J connectivity index is 1.86. The molecule has 1 aromatic rings. The molecule has 3 heteroatoms. The minimum Gasteiger partial charge on any atom is -0.494 e. The predicted molar refractivity (Wildman–Crippen MR) is 79.9 cm³/mol. The number of hydrogen-bond donors (Lipinski definition) is 1. The predicted octanol–water partition coefficient (Wildman–Crippen LogP) is 4.28. The van der Waals surface area contributed by atoms with Gasteiger partial charge in [0.15, 0.2) is 0 Å². The van der Waals surface area contributed by atoms with Crippen LogP contribution in [0.15, 0.2) is 30.3 Å². The van der Waals surface area contributed by atoms with Gasteiger partial charge in [0.05, 0.1) is 6.61 Å². The van der Waals surface area contributed by atoms with Crippen molar-refractivity contribution in [2.75, 3.05) is 6.61 Å². The van der Waals surface area contributed by atoms with Gasteiger partial charge in [-0.05, 0) is 55.4 Å². The number of rotatable bonds is 6. The first-order valence-corrected chi connectivity index (χ1v) is 7.40. The highest BCUT2D eigenvalue weighted by atomic mass is 16.5. The van der Waals surface area contributed by atoms with Crippen molar-refractivity contribution in [3.8, 4) is 5.75 Å². The van der Waals surface area contributed by atoms with Crippen LogP contribution in [0.4, 0.5) is 0 Å². The molecule has 0 fully saturated rings. The summed E-state index contributed by atoms with van der Waals surface area (Å²) in [6.07, 6.45) is 9.31. The Bertz CT molecular complexity index is 460. The van der Waals surface area contributed by atoms with Crippen molar-refractivity contribution in [1.29, 1.82) is 0 Å². The molecule has 3 nitrogen and oxygen atoms in total. The highest BCUT2D eigenvalue weighted by Gasteiger charge is 2.05. The fraction of sp³-hybridized carbons (Fsp3) is 0.471. The van der Waals surface area contributed by atoms with E-state index in [-0.39, 0.29) is 6.42 Å². The van der Waals surface area contributed by atoms with Crippen molar-refractivity contribution in [3.05, 3.63) is 35.9 Å². The van der Waals surface area contributed by atoms with Crippen molar-refractivity contribution in [3.63, 3.8) is 0 Å². The Morgan fingerprint density at radius 2 is 1.95 bits per heavy atom. The standard InChI is InChI=1S/C17H22O3/c18-17(19)8-5-13-20-16-11-9-15(10-12-16)14-6-3-1-2-4-7-14/h6,9-12H,1-5,7-8,13H2,(H,18,19). The first-order valence-electron chi connectivity index (χ1n) is 7.40. The second-order valence-corrected chi connectivity index (χ2v) is 5.20. The third-order valence-electron chi connectivity index (χ3n) is 3.57. The van der Waals surface area contributed by atoms with E-state index in [1.54, 1.807) is 0 Å². The summed E-state index contributed by atoms with van der Waals surface area (Å²) in [5.41, 5.74) is 2.73. The smallest absolute Gasteiger partial charge is 0.303 e. The van der Waals surface area contributed by atoms with Gasteiger partial charge in [-0.3, -0.25) is 4.79 Å². The van der Waals surface area contributed by atoms with Gasteiger partial charge in [0, 0.05) is 6.42 Å². The Kier molecular flexibility index (Phi) is 5.66. The number of aliphatic carboxylic acids is 1. The average Bonchev–Trinajstić information content (AvgIpc) is 2.73. The Labute approximate surface area is 120 Å². The topological polar surface area (TPSA) is 46.5 Å². The molecule has 0 heterocycles. The van der Waals surface area contributed by atoms with Gasteiger partial charge in [-0.1, -0.05) is 24.6 Å². The minimum atomic E-state index is -0.774. The molecule has 0 saturated carbocycles. The van der Waals surface area contributed by atoms with E-state index in [0.29, 0.717) is 13.0 Å². The molecule has 0 atom stereocenters. The van der Waals surface area contributed by atoms with E-state index in [0.717, 1.165) is 5.75 Å². The highest BCUT2D eigenvalue weighted by molar-refractivity contribution is 5.67. The summed E-state index contributed by atoms with van der Waals surface area (Å²) in [4.78, 5) is 10.4. The number of carboxylic acid groups (broad SMARTS) is 1. The van der Waals surface area contributed by atoms with E-state index in [1.165, 1.54) is 43.2 Å². The number of carboxylic acids is 1. The summed E-state index contributed by atoms with van der Waals surface area (Å²) in [5.74, 6) is 0.0395. The zero-order valence-electron chi connectivity index (χ0n) is 11.8. The van der Waals surface area contributed by atoms with E-state index >= 15 is 0 Å². The molecule has 0 spiro atoms. The molecule has 1 N–H and O–H groups in total. The molecule has 20 heavy (non-hydrogen) atoms. The number of carbonyl (C=O) groups is 1. The molecule has 1 aliphatic rings. The van der Waals surface area contributed by atoms with Crippen molar-refractivity contribution in [2.24, 2.45) is 0 Å². The Morgan fingerprint density at radius 1 is 1.15 bits per heavy atom.